The van der Waals surface area contributed by atoms with Crippen molar-refractivity contribution >= 4 is 27.5 Å². The lowest BCUT2D eigenvalue weighted by Crippen LogP contribution is -2.53. The Bertz CT molecular complexity index is 489. The first-order chi connectivity index (χ1) is 8.68. The molecule has 0 radical (unpaired) electrons. The Hall–Kier alpha value is -1.03. The number of amides is 1. The zero-order chi connectivity index (χ0) is 12.7. The first kappa shape index (κ1) is 12.0. The van der Waals surface area contributed by atoms with Crippen molar-refractivity contribution in [1.82, 2.24) is 4.90 Å². The van der Waals surface area contributed by atoms with Gasteiger partial charge in [0.15, 0.2) is 0 Å². The molecule has 0 aliphatic carbocycles. The molecule has 1 amide bonds. The van der Waals surface area contributed by atoms with Crippen LogP contribution in [0.5, 0.6) is 0 Å². The molecular weight excluding hydrogens is 292 g/mol. The first-order valence-electron chi connectivity index (χ1n) is 6.52. The van der Waals surface area contributed by atoms with Gasteiger partial charge in [-0.1, -0.05) is 22.4 Å². The predicted octanol–water partition coefficient (Wildman–Crippen LogP) is 3.24. The van der Waals surface area contributed by atoms with Gasteiger partial charge >= 0.3 is 0 Å². The number of fused-ring (bicyclic) bond motifs is 2. The quantitative estimate of drug-likeness (QED) is 0.734. The van der Waals surface area contributed by atoms with Crippen molar-refractivity contribution in [2.75, 3.05) is 18.5 Å². The van der Waals surface area contributed by atoms with Gasteiger partial charge in [0.1, 0.15) is 6.17 Å². The zero-order valence-electron chi connectivity index (χ0n) is 10.5. The standard InChI is InChI=1S/C14H17BrN2O/c1-16-12-7-6-10(15)9-11(12)14(18)17-8-4-2-3-5-13(16)17/h6-7,9,13H,2-5,8H2,1H3. The van der Waals surface area contributed by atoms with Crippen LogP contribution in [0, 0.1) is 0 Å². The van der Waals surface area contributed by atoms with Crippen LogP contribution in [-0.2, 0) is 0 Å². The van der Waals surface area contributed by atoms with Crippen molar-refractivity contribution in [3.05, 3.63) is 28.2 Å². The Balaban J connectivity index is 2.07. The third-order valence-electron chi connectivity index (χ3n) is 4.00. The third kappa shape index (κ3) is 1.83. The number of halogens is 1. The average Bonchev–Trinajstić information content (AvgIpc) is 2.61. The van der Waals surface area contributed by atoms with Crippen molar-refractivity contribution in [1.29, 1.82) is 0 Å². The first-order valence-corrected chi connectivity index (χ1v) is 7.31. The molecule has 1 saturated heterocycles. The summed E-state index contributed by atoms with van der Waals surface area (Å²) in [5.74, 6) is 0.191. The summed E-state index contributed by atoms with van der Waals surface area (Å²) in [6.45, 7) is 0.889. The summed E-state index contributed by atoms with van der Waals surface area (Å²) < 4.78 is 0.969. The minimum absolute atomic E-state index is 0.191. The minimum Gasteiger partial charge on any atom is -0.354 e. The summed E-state index contributed by atoms with van der Waals surface area (Å²) in [6.07, 6.45) is 4.89. The van der Waals surface area contributed by atoms with Crippen LogP contribution in [0.1, 0.15) is 36.0 Å². The Morgan fingerprint density at radius 2 is 2.11 bits per heavy atom. The topological polar surface area (TPSA) is 23.6 Å². The van der Waals surface area contributed by atoms with E-state index in [1.54, 1.807) is 0 Å². The molecule has 2 aliphatic heterocycles. The molecule has 0 spiro atoms. The number of hydrogen-bond donors (Lipinski definition) is 0. The molecule has 1 fully saturated rings. The highest BCUT2D eigenvalue weighted by molar-refractivity contribution is 9.10. The van der Waals surface area contributed by atoms with Crippen molar-refractivity contribution in [2.24, 2.45) is 0 Å². The molecule has 0 saturated carbocycles. The number of hydrogen-bond acceptors (Lipinski definition) is 2. The van der Waals surface area contributed by atoms with Gasteiger partial charge in [0.2, 0.25) is 0 Å². The summed E-state index contributed by atoms with van der Waals surface area (Å²) in [6, 6.07) is 5.99. The fraction of sp³-hybridized carbons (Fsp3) is 0.500. The Morgan fingerprint density at radius 3 is 2.94 bits per heavy atom. The summed E-state index contributed by atoms with van der Waals surface area (Å²) >= 11 is 3.45. The largest absolute Gasteiger partial charge is 0.354 e. The fourth-order valence-electron chi connectivity index (χ4n) is 3.03. The molecule has 96 valence electrons. The second-order valence-corrected chi connectivity index (χ2v) is 6.02. The predicted molar refractivity (Wildman–Crippen MR) is 75.8 cm³/mol. The normalized spacial score (nSPS) is 23.4. The van der Waals surface area contributed by atoms with E-state index in [0.29, 0.717) is 0 Å². The van der Waals surface area contributed by atoms with Gasteiger partial charge in [0.05, 0.1) is 11.3 Å². The van der Waals surface area contributed by atoms with Gasteiger partial charge in [0, 0.05) is 18.1 Å². The molecule has 3 nitrogen and oxygen atoms in total. The summed E-state index contributed by atoms with van der Waals surface area (Å²) in [7, 11) is 2.10. The van der Waals surface area contributed by atoms with E-state index < -0.39 is 0 Å². The molecule has 0 N–H and O–H groups in total. The molecule has 2 heterocycles. The van der Waals surface area contributed by atoms with E-state index in [-0.39, 0.29) is 12.1 Å². The van der Waals surface area contributed by atoms with Crippen molar-refractivity contribution < 1.29 is 4.79 Å². The van der Waals surface area contributed by atoms with Gasteiger partial charge in [-0.15, -0.1) is 0 Å². The lowest BCUT2D eigenvalue weighted by Gasteiger charge is -2.43. The second-order valence-electron chi connectivity index (χ2n) is 5.10. The van der Waals surface area contributed by atoms with Crippen molar-refractivity contribution in [2.45, 2.75) is 31.8 Å². The van der Waals surface area contributed by atoms with Crippen molar-refractivity contribution in [3.8, 4) is 0 Å². The Kier molecular flexibility index (Phi) is 3.06. The highest BCUT2D eigenvalue weighted by atomic mass is 79.9. The van der Waals surface area contributed by atoms with Gasteiger partial charge in [0.25, 0.3) is 5.91 Å². The van der Waals surface area contributed by atoms with E-state index in [1.807, 2.05) is 23.1 Å². The van der Waals surface area contributed by atoms with E-state index in [2.05, 4.69) is 27.9 Å². The van der Waals surface area contributed by atoms with E-state index in [4.69, 9.17) is 0 Å². The molecule has 2 aliphatic rings. The summed E-state index contributed by atoms with van der Waals surface area (Å²) in [5.41, 5.74) is 1.89. The molecule has 4 heteroatoms. The molecule has 1 aromatic rings. The van der Waals surface area contributed by atoms with Crippen LogP contribution in [0.2, 0.25) is 0 Å². The molecule has 18 heavy (non-hydrogen) atoms. The lowest BCUT2D eigenvalue weighted by molar-refractivity contribution is 0.0662. The summed E-state index contributed by atoms with van der Waals surface area (Å²) in [4.78, 5) is 16.9. The van der Waals surface area contributed by atoms with Crippen LogP contribution >= 0.6 is 15.9 Å². The van der Waals surface area contributed by atoms with Gasteiger partial charge < -0.3 is 9.80 Å². The van der Waals surface area contributed by atoms with Gasteiger partial charge in [-0.2, -0.15) is 0 Å². The highest BCUT2D eigenvalue weighted by Gasteiger charge is 2.36. The molecule has 1 unspecified atom stereocenters. The van der Waals surface area contributed by atoms with Crippen LogP contribution in [0.15, 0.2) is 22.7 Å². The Labute approximate surface area is 116 Å². The number of nitrogens with zero attached hydrogens (tertiary/aromatic N) is 2. The number of rotatable bonds is 0. The van der Waals surface area contributed by atoms with E-state index >= 15 is 0 Å². The second kappa shape index (κ2) is 4.57. The smallest absolute Gasteiger partial charge is 0.257 e. The maximum Gasteiger partial charge on any atom is 0.257 e. The maximum absolute atomic E-state index is 12.6. The van der Waals surface area contributed by atoms with E-state index in [9.17, 15) is 4.79 Å². The van der Waals surface area contributed by atoms with Crippen LogP contribution in [0.3, 0.4) is 0 Å². The lowest BCUT2D eigenvalue weighted by atomic mass is 10.0. The Morgan fingerprint density at radius 1 is 1.28 bits per heavy atom. The van der Waals surface area contributed by atoms with Crippen LogP contribution < -0.4 is 4.90 Å². The van der Waals surface area contributed by atoms with Gasteiger partial charge in [-0.05, 0) is 37.5 Å². The van der Waals surface area contributed by atoms with Crippen LogP contribution in [0.25, 0.3) is 0 Å². The number of anilines is 1. The van der Waals surface area contributed by atoms with Crippen LogP contribution in [0.4, 0.5) is 5.69 Å². The molecule has 1 atom stereocenters. The van der Waals surface area contributed by atoms with Crippen molar-refractivity contribution in [3.63, 3.8) is 0 Å². The summed E-state index contributed by atoms with van der Waals surface area (Å²) in [5, 5.41) is 0. The maximum atomic E-state index is 12.6. The van der Waals surface area contributed by atoms with Gasteiger partial charge in [-0.3, -0.25) is 4.79 Å². The molecule has 0 bridgehead atoms. The molecule has 1 aromatic carbocycles. The van der Waals surface area contributed by atoms with E-state index in [1.165, 1.54) is 12.8 Å². The highest BCUT2D eigenvalue weighted by Crippen LogP contribution is 2.34. The number of benzene rings is 1. The number of carbonyl (C=O) groups is 1. The average molecular weight is 309 g/mol. The number of carbonyl (C=O) groups excluding carboxylic acids is 1. The minimum atomic E-state index is 0.191. The molecule has 3 rings (SSSR count). The zero-order valence-corrected chi connectivity index (χ0v) is 12.1. The van der Waals surface area contributed by atoms with Gasteiger partial charge in [-0.25, -0.2) is 0 Å². The van der Waals surface area contributed by atoms with Crippen LogP contribution in [-0.4, -0.2) is 30.6 Å². The van der Waals surface area contributed by atoms with E-state index in [0.717, 1.165) is 35.1 Å². The fourth-order valence-corrected chi connectivity index (χ4v) is 3.39. The monoisotopic (exact) mass is 308 g/mol. The SMILES string of the molecule is CN1c2ccc(Br)cc2C(=O)N2CCCCCC21. The molecular formula is C14H17BrN2O. The third-order valence-corrected chi connectivity index (χ3v) is 4.49. The molecule has 0 aromatic heterocycles.